The Hall–Kier alpha value is -3.24. The van der Waals surface area contributed by atoms with Gasteiger partial charge in [-0.3, -0.25) is 9.69 Å². The molecule has 0 radical (unpaired) electrons. The molecule has 3 aromatic carbocycles. The minimum Gasteiger partial charge on any atom is -0.327 e. The summed E-state index contributed by atoms with van der Waals surface area (Å²) in [4.78, 5) is 14.2. The lowest BCUT2D eigenvalue weighted by Crippen LogP contribution is -2.30. The molecule has 126 valence electrons. The maximum Gasteiger partial charge on any atom is 0.281 e. The first kappa shape index (κ1) is 16.2. The Morgan fingerprint density at radius 2 is 1.35 bits per heavy atom. The van der Waals surface area contributed by atoms with E-state index >= 15 is 0 Å². The van der Waals surface area contributed by atoms with Gasteiger partial charge >= 0.3 is 0 Å². The van der Waals surface area contributed by atoms with Crippen molar-refractivity contribution in [3.63, 3.8) is 0 Å². The predicted molar refractivity (Wildman–Crippen MR) is 110 cm³/mol. The molecule has 26 heavy (non-hydrogen) atoms. The Morgan fingerprint density at radius 3 is 2.00 bits per heavy atom. The summed E-state index contributed by atoms with van der Waals surface area (Å²) in [6.45, 7) is 0. The molecule has 1 aliphatic rings. The fraction of sp³-hybridized carbons (Fsp3) is 0. The zero-order valence-corrected chi connectivity index (χ0v) is 14.7. The van der Waals surface area contributed by atoms with E-state index in [1.54, 1.807) is 0 Å². The molecule has 1 aliphatic heterocycles. The highest BCUT2D eigenvalue weighted by atomic mass is 32.1. The van der Waals surface area contributed by atoms with Gasteiger partial charge in [-0.1, -0.05) is 72.8 Å². The SMILES string of the molecule is O=C1/C(=C/c2ccc(-c3ccccc3)cc2)NC(=S)N1c1ccccc1. The molecule has 1 fully saturated rings. The number of para-hydroxylation sites is 1. The van der Waals surface area contributed by atoms with E-state index in [4.69, 9.17) is 12.2 Å². The third-order valence-corrected chi connectivity index (χ3v) is 4.51. The lowest BCUT2D eigenvalue weighted by Gasteiger charge is -2.13. The van der Waals surface area contributed by atoms with Gasteiger partial charge in [0.15, 0.2) is 5.11 Å². The van der Waals surface area contributed by atoms with Gasteiger partial charge in [-0.15, -0.1) is 0 Å². The third-order valence-electron chi connectivity index (χ3n) is 4.22. The molecule has 0 spiro atoms. The van der Waals surface area contributed by atoms with E-state index in [9.17, 15) is 4.79 Å². The van der Waals surface area contributed by atoms with E-state index in [1.807, 2.05) is 66.7 Å². The quantitative estimate of drug-likeness (QED) is 0.549. The fourth-order valence-electron chi connectivity index (χ4n) is 2.92. The van der Waals surface area contributed by atoms with Crippen LogP contribution in [0.4, 0.5) is 5.69 Å². The second-order valence-corrected chi connectivity index (χ2v) is 6.34. The van der Waals surface area contributed by atoms with Crippen molar-refractivity contribution in [2.75, 3.05) is 4.90 Å². The molecule has 1 saturated heterocycles. The number of nitrogens with one attached hydrogen (secondary N) is 1. The number of benzene rings is 3. The van der Waals surface area contributed by atoms with E-state index in [-0.39, 0.29) is 5.91 Å². The second kappa shape index (κ2) is 6.94. The number of hydrogen-bond donors (Lipinski definition) is 1. The summed E-state index contributed by atoms with van der Waals surface area (Å²) in [5, 5.41) is 3.41. The summed E-state index contributed by atoms with van der Waals surface area (Å²) in [6, 6.07) is 27.7. The molecule has 3 aromatic rings. The zero-order chi connectivity index (χ0) is 17.9. The molecule has 1 amide bonds. The number of nitrogens with zero attached hydrogens (tertiary/aromatic N) is 1. The van der Waals surface area contributed by atoms with E-state index in [2.05, 4.69) is 29.6 Å². The van der Waals surface area contributed by atoms with Crippen molar-refractivity contribution in [3.8, 4) is 11.1 Å². The van der Waals surface area contributed by atoms with Gasteiger partial charge in [-0.05, 0) is 47.1 Å². The highest BCUT2D eigenvalue weighted by molar-refractivity contribution is 7.80. The Labute approximate surface area is 157 Å². The summed E-state index contributed by atoms with van der Waals surface area (Å²) in [5.41, 5.74) is 4.49. The number of anilines is 1. The summed E-state index contributed by atoms with van der Waals surface area (Å²) in [5.74, 6) is -0.145. The van der Waals surface area contributed by atoms with E-state index < -0.39 is 0 Å². The van der Waals surface area contributed by atoms with Gasteiger partial charge in [0, 0.05) is 0 Å². The first-order chi connectivity index (χ1) is 12.7. The van der Waals surface area contributed by atoms with Gasteiger partial charge in [0.25, 0.3) is 5.91 Å². The number of carbonyl (C=O) groups is 1. The lowest BCUT2D eigenvalue weighted by atomic mass is 10.0. The van der Waals surface area contributed by atoms with Crippen LogP contribution >= 0.6 is 12.2 Å². The van der Waals surface area contributed by atoms with Crippen LogP contribution < -0.4 is 10.2 Å². The van der Waals surface area contributed by atoms with E-state index in [0.29, 0.717) is 10.8 Å². The number of amides is 1. The number of thiocarbonyl (C=S) groups is 1. The minimum atomic E-state index is -0.145. The van der Waals surface area contributed by atoms with E-state index in [0.717, 1.165) is 16.8 Å². The summed E-state index contributed by atoms with van der Waals surface area (Å²) >= 11 is 5.33. The first-order valence-electron chi connectivity index (χ1n) is 8.30. The monoisotopic (exact) mass is 356 g/mol. The Bertz CT molecular complexity index is 980. The van der Waals surface area contributed by atoms with Crippen molar-refractivity contribution >= 4 is 35.0 Å². The maximum absolute atomic E-state index is 12.7. The van der Waals surface area contributed by atoms with Crippen LogP contribution in [-0.4, -0.2) is 11.0 Å². The van der Waals surface area contributed by atoms with Gasteiger partial charge in [0.1, 0.15) is 5.70 Å². The molecular formula is C22H16N2OS. The standard InChI is InChI=1S/C22H16N2OS/c25-21-20(23-22(26)24(21)19-9-5-2-6-10-19)15-16-11-13-18(14-12-16)17-7-3-1-4-8-17/h1-15H,(H,23,26)/b20-15-. The molecule has 3 nitrogen and oxygen atoms in total. The van der Waals surface area contributed by atoms with Gasteiger partial charge in [0.2, 0.25) is 0 Å². The number of carbonyl (C=O) groups excluding carboxylic acids is 1. The van der Waals surface area contributed by atoms with Crippen molar-refractivity contribution in [1.82, 2.24) is 5.32 Å². The highest BCUT2D eigenvalue weighted by Crippen LogP contribution is 2.23. The fourth-order valence-corrected chi connectivity index (χ4v) is 3.21. The van der Waals surface area contributed by atoms with Crippen LogP contribution in [0.25, 0.3) is 17.2 Å². The van der Waals surface area contributed by atoms with E-state index in [1.165, 1.54) is 10.5 Å². The molecule has 0 atom stereocenters. The van der Waals surface area contributed by atoms with Gasteiger partial charge < -0.3 is 5.32 Å². The Morgan fingerprint density at radius 1 is 0.769 bits per heavy atom. The van der Waals surface area contributed by atoms with Crippen LogP contribution in [0.3, 0.4) is 0 Å². The molecule has 1 heterocycles. The lowest BCUT2D eigenvalue weighted by molar-refractivity contribution is -0.113. The molecule has 0 saturated carbocycles. The average Bonchev–Trinajstić information content (AvgIpc) is 2.97. The van der Waals surface area contributed by atoms with Crippen molar-refractivity contribution in [3.05, 3.63) is 96.2 Å². The summed E-state index contributed by atoms with van der Waals surface area (Å²) in [6.07, 6.45) is 1.83. The highest BCUT2D eigenvalue weighted by Gasteiger charge is 2.31. The molecular weight excluding hydrogens is 340 g/mol. The van der Waals surface area contributed by atoms with Gasteiger partial charge in [-0.2, -0.15) is 0 Å². The third kappa shape index (κ3) is 3.15. The van der Waals surface area contributed by atoms with Crippen molar-refractivity contribution in [2.45, 2.75) is 0 Å². The molecule has 0 bridgehead atoms. The molecule has 0 aliphatic carbocycles. The van der Waals surface area contributed by atoms with Gasteiger partial charge in [0.05, 0.1) is 5.69 Å². The normalized spacial score (nSPS) is 15.4. The van der Waals surface area contributed by atoms with Crippen molar-refractivity contribution in [2.24, 2.45) is 0 Å². The number of rotatable bonds is 3. The van der Waals surface area contributed by atoms with Crippen LogP contribution in [-0.2, 0) is 4.79 Å². The maximum atomic E-state index is 12.7. The summed E-state index contributed by atoms with van der Waals surface area (Å²) < 4.78 is 0. The summed E-state index contributed by atoms with van der Waals surface area (Å²) in [7, 11) is 0. The van der Waals surface area contributed by atoms with Crippen LogP contribution in [0.15, 0.2) is 90.6 Å². The van der Waals surface area contributed by atoms with Crippen molar-refractivity contribution < 1.29 is 4.79 Å². The van der Waals surface area contributed by atoms with Gasteiger partial charge in [-0.25, -0.2) is 0 Å². The smallest absolute Gasteiger partial charge is 0.281 e. The topological polar surface area (TPSA) is 32.3 Å². The molecule has 0 unspecified atom stereocenters. The average molecular weight is 356 g/mol. The van der Waals surface area contributed by atoms with Crippen LogP contribution in [0.1, 0.15) is 5.56 Å². The first-order valence-corrected chi connectivity index (χ1v) is 8.71. The van der Waals surface area contributed by atoms with Crippen molar-refractivity contribution in [1.29, 1.82) is 0 Å². The largest absolute Gasteiger partial charge is 0.327 e. The zero-order valence-electron chi connectivity index (χ0n) is 13.9. The predicted octanol–water partition coefficient (Wildman–Crippen LogP) is 4.62. The van der Waals surface area contributed by atoms with Crippen LogP contribution in [0, 0.1) is 0 Å². The number of hydrogen-bond acceptors (Lipinski definition) is 2. The molecule has 4 heteroatoms. The second-order valence-electron chi connectivity index (χ2n) is 5.95. The van der Waals surface area contributed by atoms with Crippen LogP contribution in [0.2, 0.25) is 0 Å². The van der Waals surface area contributed by atoms with Crippen LogP contribution in [0.5, 0.6) is 0 Å². The minimum absolute atomic E-state index is 0.145. The molecule has 0 aromatic heterocycles. The molecule has 4 rings (SSSR count). The Balaban J connectivity index is 1.59. The Kier molecular flexibility index (Phi) is 4.33. The molecule has 1 N–H and O–H groups in total.